The minimum atomic E-state index is -0.459. The number of allylic oxidation sites excluding steroid dienone is 5. The summed E-state index contributed by atoms with van der Waals surface area (Å²) in [5.74, 6) is -2.05. The first-order valence-electron chi connectivity index (χ1n) is 22.0. The molecule has 5 aliphatic rings. The highest BCUT2D eigenvalue weighted by Gasteiger charge is 2.41. The summed E-state index contributed by atoms with van der Waals surface area (Å²) < 4.78 is 16.3. The zero-order chi connectivity index (χ0) is 44.9. The molecule has 16 heteroatoms. The number of aromatic nitrogens is 4. The molecule has 5 aliphatic heterocycles. The molecular weight excluding hydrogens is 805 g/mol. The Hall–Kier alpha value is -5.52. The zero-order valence-electron chi connectivity index (χ0n) is 37.3. The van der Waals surface area contributed by atoms with Gasteiger partial charge in [-0.1, -0.05) is 13.8 Å². The van der Waals surface area contributed by atoms with Crippen LogP contribution < -0.4 is 5.73 Å². The second-order valence-electron chi connectivity index (χ2n) is 16.6. The Balaban J connectivity index is 1.44. The van der Waals surface area contributed by atoms with Gasteiger partial charge in [0.05, 0.1) is 72.5 Å². The fourth-order valence-corrected chi connectivity index (χ4v) is 8.94. The molecule has 2 aromatic rings. The Morgan fingerprint density at radius 1 is 0.968 bits per heavy atom. The maximum Gasteiger partial charge on any atom is 0.305 e. The summed E-state index contributed by atoms with van der Waals surface area (Å²) in [5.41, 5.74) is 15.9. The lowest BCUT2D eigenvalue weighted by Crippen LogP contribution is -2.47. The number of hydrogen-bond donors (Lipinski definition) is 4. The minimum Gasteiger partial charge on any atom is -0.463 e. The van der Waals surface area contributed by atoms with E-state index >= 15 is 4.79 Å². The maximum atomic E-state index is 15.0. The van der Waals surface area contributed by atoms with Gasteiger partial charge in [-0.2, -0.15) is 0 Å². The van der Waals surface area contributed by atoms with Gasteiger partial charge in [0.15, 0.2) is 0 Å². The number of nitrogens with zero attached hydrogens (tertiary/aromatic N) is 5. The Labute approximate surface area is 367 Å². The Kier molecular flexibility index (Phi) is 14.4. The van der Waals surface area contributed by atoms with Gasteiger partial charge in [-0.15, -0.1) is 0 Å². The van der Waals surface area contributed by atoms with Gasteiger partial charge < -0.3 is 39.9 Å². The third-order valence-electron chi connectivity index (χ3n) is 12.7. The van der Waals surface area contributed by atoms with Crippen LogP contribution in [-0.2, 0) is 23.8 Å². The Morgan fingerprint density at radius 3 is 2.43 bits per heavy atom. The largest absolute Gasteiger partial charge is 0.463 e. The van der Waals surface area contributed by atoms with Crippen molar-refractivity contribution in [3.8, 4) is 0 Å². The zero-order valence-corrected chi connectivity index (χ0v) is 37.3. The molecule has 5 N–H and O–H groups in total. The number of carbonyl (C=O) groups excluding carboxylic acids is 4. The van der Waals surface area contributed by atoms with Gasteiger partial charge in [0.1, 0.15) is 6.61 Å². The number of morpholine rings is 1. The number of fused-ring (bicyclic) bond motifs is 8. The molecule has 0 aromatic carbocycles. The Morgan fingerprint density at radius 2 is 1.70 bits per heavy atom. The van der Waals surface area contributed by atoms with Crippen molar-refractivity contribution in [2.45, 2.75) is 65.7 Å². The van der Waals surface area contributed by atoms with Crippen LogP contribution in [0.3, 0.4) is 0 Å². The normalized spacial score (nSPS) is 18.5. The number of amides is 3. The van der Waals surface area contributed by atoms with Gasteiger partial charge in [-0.3, -0.25) is 29.0 Å². The number of aliphatic hydroxyl groups excluding tert-OH is 1. The molecule has 0 unspecified atom stereocenters. The van der Waals surface area contributed by atoms with Crippen LogP contribution in [0, 0.1) is 6.92 Å². The molecule has 0 radical (unpaired) electrons. The van der Waals surface area contributed by atoms with E-state index in [-0.39, 0.29) is 49.8 Å². The van der Waals surface area contributed by atoms with Crippen LogP contribution >= 0.6 is 0 Å². The van der Waals surface area contributed by atoms with Crippen molar-refractivity contribution in [3.63, 3.8) is 0 Å². The second-order valence-corrected chi connectivity index (χ2v) is 16.6. The van der Waals surface area contributed by atoms with E-state index in [1.807, 2.05) is 45.9 Å². The van der Waals surface area contributed by atoms with Crippen LogP contribution in [0.5, 0.6) is 0 Å². The quantitative estimate of drug-likeness (QED) is 0.0781. The molecule has 0 saturated carbocycles. The third kappa shape index (κ3) is 9.41. The summed E-state index contributed by atoms with van der Waals surface area (Å²) in [6, 6.07) is 5.88. The van der Waals surface area contributed by atoms with Gasteiger partial charge in [0.25, 0.3) is 11.8 Å². The highest BCUT2D eigenvalue weighted by molar-refractivity contribution is 6.23. The van der Waals surface area contributed by atoms with Crippen molar-refractivity contribution in [3.05, 3.63) is 81.2 Å². The molecule has 7 rings (SSSR count). The number of ether oxygens (including phenoxy) is 3. The molecule has 3 amide bonds. The highest BCUT2D eigenvalue weighted by atomic mass is 16.5. The number of aromatic amines is 2. The average Bonchev–Trinajstić information content (AvgIpc) is 3.95. The van der Waals surface area contributed by atoms with E-state index in [4.69, 9.17) is 29.9 Å². The molecule has 63 heavy (non-hydrogen) atoms. The molecule has 1 fully saturated rings. The summed E-state index contributed by atoms with van der Waals surface area (Å²) in [5, 5.41) is 9.32. The van der Waals surface area contributed by atoms with E-state index in [0.717, 1.165) is 39.4 Å². The molecule has 2 aromatic heterocycles. The molecule has 7 heterocycles. The molecular formula is C47H60N8O8. The van der Waals surface area contributed by atoms with Crippen molar-refractivity contribution >= 4 is 57.0 Å². The van der Waals surface area contributed by atoms with E-state index < -0.39 is 11.9 Å². The predicted octanol–water partition coefficient (Wildman–Crippen LogP) is 4.74. The number of aryl methyl sites for hydroxylation is 1. The molecule has 2 atom stereocenters. The molecule has 1 saturated heterocycles. The second kappa shape index (κ2) is 19.9. The van der Waals surface area contributed by atoms with Crippen LogP contribution in [-0.4, -0.2) is 149 Å². The molecule has 336 valence electrons. The molecule has 8 bridgehead atoms. The number of rotatable bonds is 16. The lowest BCUT2D eigenvalue weighted by molar-refractivity contribution is -0.144. The molecule has 16 nitrogen and oxygen atoms in total. The lowest BCUT2D eigenvalue weighted by Gasteiger charge is -2.31. The number of H-pyrrole nitrogens is 2. The van der Waals surface area contributed by atoms with Crippen molar-refractivity contribution in [2.75, 3.05) is 86.0 Å². The first-order chi connectivity index (χ1) is 30.4. The highest BCUT2D eigenvalue weighted by Crippen LogP contribution is 2.45. The number of carbonyl (C=O) groups is 4. The van der Waals surface area contributed by atoms with Crippen LogP contribution in [0.2, 0.25) is 0 Å². The predicted molar refractivity (Wildman–Crippen MR) is 240 cm³/mol. The third-order valence-corrected chi connectivity index (χ3v) is 12.7. The van der Waals surface area contributed by atoms with Crippen molar-refractivity contribution in [1.29, 1.82) is 0 Å². The van der Waals surface area contributed by atoms with Gasteiger partial charge in [-0.05, 0) is 80.2 Å². The van der Waals surface area contributed by atoms with E-state index in [9.17, 15) is 19.5 Å². The summed E-state index contributed by atoms with van der Waals surface area (Å²) in [6.45, 7) is 14.5. The number of nitrogens with two attached hydrogens (primary N) is 1. The van der Waals surface area contributed by atoms with Crippen molar-refractivity contribution < 1.29 is 38.5 Å². The van der Waals surface area contributed by atoms with E-state index in [0.29, 0.717) is 117 Å². The van der Waals surface area contributed by atoms with Crippen molar-refractivity contribution in [1.82, 2.24) is 34.6 Å². The average molecular weight is 865 g/mol. The number of likely N-dealkylation sites (N-methyl/N-ethyl adjacent to an activating group) is 1. The number of imide groups is 1. The van der Waals surface area contributed by atoms with Crippen LogP contribution in [0.25, 0.3) is 33.3 Å². The first kappa shape index (κ1) is 45.5. The maximum absolute atomic E-state index is 15.0. The number of hydrogen-bond acceptors (Lipinski definition) is 12. The summed E-state index contributed by atoms with van der Waals surface area (Å²) >= 11 is 0. The number of nitrogens with one attached hydrogen (secondary N) is 2. The standard InChI is InChI=1S/C47H60N8O8/c1-7-31-27(2)35-25-39-32(8-10-40(57)53(6)15-20-61-19-12-48)28(3)34(50-39)24-36-29(4)33(9-11-41(58)63-23-18-56)44(51-36)43-45-42(30(5)37(52-45)26-38(31)49-35)46(59)55(47(43)60)14-13-54-16-21-62-22-17-54/h8,10,24-26,29,33,51-52,56H,7,9,11-23,48H2,1-6H3/b10-8+,36-24?,38-26?,39-25?,44-43?/t29-,33-/m0/s1. The fourth-order valence-electron chi connectivity index (χ4n) is 8.94. The summed E-state index contributed by atoms with van der Waals surface area (Å²) in [7, 11) is 1.72. The van der Waals surface area contributed by atoms with E-state index in [2.05, 4.69) is 21.8 Å². The van der Waals surface area contributed by atoms with Gasteiger partial charge in [0, 0.05) is 93.1 Å². The van der Waals surface area contributed by atoms with E-state index in [1.165, 1.54) is 4.90 Å². The van der Waals surface area contributed by atoms with Gasteiger partial charge in [0.2, 0.25) is 5.91 Å². The smallest absolute Gasteiger partial charge is 0.305 e. The Bertz CT molecular complexity index is 2440. The monoisotopic (exact) mass is 864 g/mol. The summed E-state index contributed by atoms with van der Waals surface area (Å²) in [4.78, 5) is 78.4. The van der Waals surface area contributed by atoms with Crippen LogP contribution in [0.1, 0.15) is 119 Å². The number of aliphatic hydroxyl groups is 1. The van der Waals surface area contributed by atoms with E-state index in [1.54, 1.807) is 24.1 Å². The topological polar surface area (TPSA) is 209 Å². The van der Waals surface area contributed by atoms with Gasteiger partial charge >= 0.3 is 5.97 Å². The first-order valence-corrected chi connectivity index (χ1v) is 22.0. The molecule has 0 aliphatic carbocycles. The summed E-state index contributed by atoms with van der Waals surface area (Å²) in [6.07, 6.45) is 4.39. The number of esters is 1. The SMILES string of the molecule is CCC1=C(C)c2cc3nc(cc4[nH]c(c5c6[nH]c(cc1n2)c(C)c6C(=O)N(CCN1CCOCC1)C5=O)[C@@H](CCC(=O)OCCO)[C@@H]4C)C(C)=C3/C=C/C(=O)N(C)CCOCCN. The van der Waals surface area contributed by atoms with Crippen molar-refractivity contribution in [2.24, 2.45) is 5.73 Å². The van der Waals surface area contributed by atoms with Gasteiger partial charge in [-0.25, -0.2) is 9.97 Å². The van der Waals surface area contributed by atoms with Crippen LogP contribution in [0.4, 0.5) is 0 Å². The lowest BCUT2D eigenvalue weighted by atomic mass is 9.84. The fraction of sp³-hybridized carbons (Fsp3) is 0.489. The van der Waals surface area contributed by atoms with Crippen LogP contribution in [0.15, 0.2) is 30.4 Å². The molecule has 0 spiro atoms. The minimum absolute atomic E-state index is 0.0392.